The molecule has 2 N–H and O–H groups in total. The molecule has 0 radical (unpaired) electrons. The van der Waals surface area contributed by atoms with Crippen LogP contribution in [0.15, 0.2) is 24.3 Å². The van der Waals surface area contributed by atoms with Crippen molar-refractivity contribution in [2.75, 3.05) is 4.90 Å². The molecule has 0 aromatic heterocycles. The lowest BCUT2D eigenvalue weighted by molar-refractivity contribution is -0.127. The lowest BCUT2D eigenvalue weighted by Crippen LogP contribution is -2.70. The molecule has 5 nitrogen and oxygen atoms in total. The summed E-state index contributed by atoms with van der Waals surface area (Å²) in [5, 5.41) is 5.44. The number of halogens is 1. The molecule has 3 fully saturated rings. The topological polar surface area (TPSA) is 61.4 Å². The fourth-order valence-corrected chi connectivity index (χ4v) is 4.80. The number of anilines is 1. The summed E-state index contributed by atoms with van der Waals surface area (Å²) in [5.41, 5.74) is 1.10. The van der Waals surface area contributed by atoms with Crippen LogP contribution < -0.4 is 15.5 Å². The average molecular weight is 425 g/mol. The highest BCUT2D eigenvalue weighted by Crippen LogP contribution is 2.42. The number of hydrogen-bond donors (Lipinski definition) is 2. The molecule has 3 amide bonds. The van der Waals surface area contributed by atoms with Gasteiger partial charge in [0.25, 0.3) is 0 Å². The highest BCUT2D eigenvalue weighted by Gasteiger charge is 2.49. The summed E-state index contributed by atoms with van der Waals surface area (Å²) in [6.07, 6.45) is 5.43. The first-order valence-electron chi connectivity index (χ1n) is 8.29. The average Bonchev–Trinajstić information content (AvgIpc) is 2.54. The van der Waals surface area contributed by atoms with Crippen molar-refractivity contribution in [2.24, 2.45) is 11.8 Å². The van der Waals surface area contributed by atoms with Gasteiger partial charge in [-0.2, -0.15) is 0 Å². The Labute approximate surface area is 149 Å². The van der Waals surface area contributed by atoms with Gasteiger partial charge in [0, 0.05) is 15.3 Å². The van der Waals surface area contributed by atoms with Crippen molar-refractivity contribution < 1.29 is 9.59 Å². The number of hydrogen-bond acceptors (Lipinski definition) is 3. The van der Waals surface area contributed by atoms with Gasteiger partial charge >= 0.3 is 6.03 Å². The van der Waals surface area contributed by atoms with E-state index in [1.807, 2.05) is 0 Å². The number of nitrogens with zero attached hydrogens (tertiary/aromatic N) is 1. The second kappa shape index (κ2) is 5.96. The standard InChI is InChI=1S/C17H20IN3O2/c18-11-5-7-12(8-6-11)21-14-4-2-1-3-10(14)9-13-15(21)19-17(23)20-16(13)22/h5-8,10,13-15H,1-4,9H2,(H2,19,20,22,23). The second-order valence-electron chi connectivity index (χ2n) is 6.75. The van der Waals surface area contributed by atoms with Gasteiger partial charge < -0.3 is 10.2 Å². The third kappa shape index (κ3) is 2.70. The summed E-state index contributed by atoms with van der Waals surface area (Å²) in [7, 11) is 0. The van der Waals surface area contributed by atoms with Crippen molar-refractivity contribution in [3.8, 4) is 0 Å². The van der Waals surface area contributed by atoms with Gasteiger partial charge in [-0.25, -0.2) is 4.79 Å². The van der Waals surface area contributed by atoms with Crippen LogP contribution in [0.4, 0.5) is 10.5 Å². The first-order chi connectivity index (χ1) is 11.1. The molecule has 1 aliphatic carbocycles. The molecular formula is C17H20IN3O2. The number of fused-ring (bicyclic) bond motifs is 2. The number of rotatable bonds is 1. The van der Waals surface area contributed by atoms with Gasteiger partial charge in [0.05, 0.1) is 5.92 Å². The van der Waals surface area contributed by atoms with Gasteiger partial charge in [-0.1, -0.05) is 12.8 Å². The summed E-state index contributed by atoms with van der Waals surface area (Å²) >= 11 is 2.30. The lowest BCUT2D eigenvalue weighted by Gasteiger charge is -2.53. The number of carbonyl (C=O) groups excluding carboxylic acids is 2. The fourth-order valence-electron chi connectivity index (χ4n) is 4.45. The molecule has 2 heterocycles. The molecule has 122 valence electrons. The normalized spacial score (nSPS) is 33.3. The fraction of sp³-hybridized carbons (Fsp3) is 0.529. The van der Waals surface area contributed by atoms with Crippen LogP contribution in [0.5, 0.6) is 0 Å². The van der Waals surface area contributed by atoms with E-state index >= 15 is 0 Å². The monoisotopic (exact) mass is 425 g/mol. The third-order valence-electron chi connectivity index (χ3n) is 5.44. The number of benzene rings is 1. The molecule has 1 aromatic carbocycles. The molecule has 3 aliphatic rings. The summed E-state index contributed by atoms with van der Waals surface area (Å²) in [5.74, 6) is 0.245. The Bertz CT molecular complexity index is 633. The summed E-state index contributed by atoms with van der Waals surface area (Å²) < 4.78 is 1.19. The molecule has 23 heavy (non-hydrogen) atoms. The highest BCUT2D eigenvalue weighted by atomic mass is 127. The molecule has 2 saturated heterocycles. The Balaban J connectivity index is 1.74. The Morgan fingerprint density at radius 2 is 1.83 bits per heavy atom. The zero-order chi connectivity index (χ0) is 16.0. The Kier molecular flexibility index (Phi) is 3.95. The Morgan fingerprint density at radius 3 is 2.61 bits per heavy atom. The van der Waals surface area contributed by atoms with Gasteiger partial charge in [0.15, 0.2) is 0 Å². The maximum atomic E-state index is 12.3. The van der Waals surface area contributed by atoms with Crippen molar-refractivity contribution in [2.45, 2.75) is 44.3 Å². The van der Waals surface area contributed by atoms with Crippen LogP contribution >= 0.6 is 22.6 Å². The van der Waals surface area contributed by atoms with Gasteiger partial charge in [0.2, 0.25) is 5.91 Å². The smallest absolute Gasteiger partial charge is 0.323 e. The van der Waals surface area contributed by atoms with E-state index in [1.165, 1.54) is 22.8 Å². The van der Waals surface area contributed by atoms with Gasteiger partial charge in [-0.15, -0.1) is 0 Å². The van der Waals surface area contributed by atoms with E-state index in [4.69, 9.17) is 0 Å². The van der Waals surface area contributed by atoms with Crippen molar-refractivity contribution in [1.82, 2.24) is 10.6 Å². The van der Waals surface area contributed by atoms with E-state index in [1.54, 1.807) is 0 Å². The van der Waals surface area contributed by atoms with Crippen molar-refractivity contribution in [3.05, 3.63) is 27.8 Å². The molecule has 1 saturated carbocycles. The van der Waals surface area contributed by atoms with Crippen molar-refractivity contribution in [3.63, 3.8) is 0 Å². The summed E-state index contributed by atoms with van der Waals surface area (Å²) in [6, 6.07) is 8.42. The minimum Gasteiger partial charge on any atom is -0.347 e. The summed E-state index contributed by atoms with van der Waals surface area (Å²) in [4.78, 5) is 26.5. The quantitative estimate of drug-likeness (QED) is 0.681. The number of nitrogens with one attached hydrogen (secondary N) is 2. The number of carbonyl (C=O) groups is 2. The molecule has 4 unspecified atom stereocenters. The maximum Gasteiger partial charge on any atom is 0.323 e. The summed E-state index contributed by atoms with van der Waals surface area (Å²) in [6.45, 7) is 0. The number of amides is 3. The van der Waals surface area contributed by atoms with Gasteiger partial charge in [-0.05, 0) is 72.0 Å². The number of imide groups is 1. The highest BCUT2D eigenvalue weighted by molar-refractivity contribution is 14.1. The van der Waals surface area contributed by atoms with Crippen LogP contribution in [0.2, 0.25) is 0 Å². The van der Waals surface area contributed by atoms with Crippen LogP contribution in [0, 0.1) is 15.4 Å². The third-order valence-corrected chi connectivity index (χ3v) is 6.16. The van der Waals surface area contributed by atoms with Crippen LogP contribution in [0.25, 0.3) is 0 Å². The van der Waals surface area contributed by atoms with E-state index in [0.717, 1.165) is 18.5 Å². The predicted molar refractivity (Wildman–Crippen MR) is 96.0 cm³/mol. The van der Waals surface area contributed by atoms with Crippen LogP contribution in [-0.4, -0.2) is 24.1 Å². The molecule has 1 aromatic rings. The van der Waals surface area contributed by atoms with Crippen LogP contribution in [-0.2, 0) is 4.79 Å². The molecular weight excluding hydrogens is 405 g/mol. The van der Waals surface area contributed by atoms with Crippen LogP contribution in [0.1, 0.15) is 32.1 Å². The maximum absolute atomic E-state index is 12.3. The van der Waals surface area contributed by atoms with Crippen LogP contribution in [0.3, 0.4) is 0 Å². The molecule has 2 aliphatic heterocycles. The zero-order valence-electron chi connectivity index (χ0n) is 12.8. The van der Waals surface area contributed by atoms with E-state index in [9.17, 15) is 9.59 Å². The Morgan fingerprint density at radius 1 is 1.09 bits per heavy atom. The molecule has 0 spiro atoms. The van der Waals surface area contributed by atoms with Crippen molar-refractivity contribution >= 4 is 40.2 Å². The molecule has 4 atom stereocenters. The van der Waals surface area contributed by atoms with Gasteiger partial charge in [-0.3, -0.25) is 10.1 Å². The molecule has 6 heteroatoms. The van der Waals surface area contributed by atoms with E-state index < -0.39 is 0 Å². The zero-order valence-corrected chi connectivity index (χ0v) is 15.0. The van der Waals surface area contributed by atoms with Crippen molar-refractivity contribution in [1.29, 1.82) is 0 Å². The SMILES string of the molecule is O=C1NC(=O)C2CC3CCCCC3N(c3ccc(I)cc3)C2N1. The van der Waals surface area contributed by atoms with E-state index in [-0.39, 0.29) is 24.0 Å². The molecule has 0 bridgehead atoms. The molecule has 4 rings (SSSR count). The predicted octanol–water partition coefficient (Wildman–Crippen LogP) is 2.84. The van der Waals surface area contributed by atoms with Gasteiger partial charge in [0.1, 0.15) is 6.17 Å². The van der Waals surface area contributed by atoms with E-state index in [2.05, 4.69) is 62.4 Å². The number of urea groups is 1. The minimum absolute atomic E-state index is 0.127. The first kappa shape index (κ1) is 15.2. The second-order valence-corrected chi connectivity index (χ2v) is 7.99. The largest absolute Gasteiger partial charge is 0.347 e. The lowest BCUT2D eigenvalue weighted by atomic mass is 9.72. The number of piperidine rings is 1. The minimum atomic E-state index is -0.374. The Hall–Kier alpha value is -1.31. The first-order valence-corrected chi connectivity index (χ1v) is 9.36. The van der Waals surface area contributed by atoms with E-state index in [0.29, 0.717) is 12.0 Å².